The molecular weight excluding hydrogens is 278 g/mol. The van der Waals surface area contributed by atoms with E-state index < -0.39 is 12.0 Å². The van der Waals surface area contributed by atoms with Crippen molar-refractivity contribution in [3.8, 4) is 0 Å². The average molecular weight is 313 g/mol. The van der Waals surface area contributed by atoms with Crippen LogP contribution in [0, 0.1) is 0 Å². The van der Waals surface area contributed by atoms with Crippen molar-refractivity contribution in [2.24, 2.45) is 0 Å². The lowest BCUT2D eigenvalue weighted by atomic mass is 10.1. The van der Waals surface area contributed by atoms with Gasteiger partial charge in [-0.1, -0.05) is 71.6 Å². The van der Waals surface area contributed by atoms with E-state index in [9.17, 15) is 9.59 Å². The van der Waals surface area contributed by atoms with E-state index in [1.54, 1.807) is 7.05 Å². The number of unbranched alkanes of at least 4 members (excludes halogenated alkanes) is 8. The van der Waals surface area contributed by atoms with Gasteiger partial charge in [0.2, 0.25) is 5.91 Å². The Bertz CT molecular complexity index is 305. The summed E-state index contributed by atoms with van der Waals surface area (Å²) in [5.74, 6) is -0.937. The van der Waals surface area contributed by atoms with Gasteiger partial charge in [-0.3, -0.25) is 4.79 Å². The fourth-order valence-corrected chi connectivity index (χ4v) is 2.69. The second-order valence-corrected chi connectivity index (χ2v) is 6.23. The number of carboxylic acids is 1. The first-order chi connectivity index (χ1) is 10.5. The number of likely N-dealkylation sites (N-methyl/N-ethyl adjacent to an activating group) is 1. The van der Waals surface area contributed by atoms with E-state index in [4.69, 9.17) is 5.11 Å². The van der Waals surface area contributed by atoms with Gasteiger partial charge in [-0.05, 0) is 12.8 Å². The minimum absolute atomic E-state index is 0.0382. The second kappa shape index (κ2) is 13.6. The van der Waals surface area contributed by atoms with Gasteiger partial charge in [0, 0.05) is 13.5 Å². The molecule has 4 heteroatoms. The lowest BCUT2D eigenvalue weighted by Gasteiger charge is -2.24. The van der Waals surface area contributed by atoms with Gasteiger partial charge < -0.3 is 10.0 Å². The van der Waals surface area contributed by atoms with Crippen LogP contribution in [0.5, 0.6) is 0 Å². The molecule has 0 saturated heterocycles. The minimum atomic E-state index is -0.898. The van der Waals surface area contributed by atoms with E-state index in [0.717, 1.165) is 19.3 Å². The zero-order chi connectivity index (χ0) is 16.8. The molecule has 0 aliphatic heterocycles. The molecule has 0 heterocycles. The number of amides is 1. The molecule has 0 aromatic heterocycles. The number of carbonyl (C=O) groups excluding carboxylic acids is 1. The van der Waals surface area contributed by atoms with Crippen LogP contribution in [0.25, 0.3) is 0 Å². The zero-order valence-corrected chi connectivity index (χ0v) is 14.8. The Morgan fingerprint density at radius 2 is 1.36 bits per heavy atom. The van der Waals surface area contributed by atoms with Gasteiger partial charge in [0.05, 0.1) is 0 Å². The Labute approximate surface area is 136 Å². The minimum Gasteiger partial charge on any atom is -0.480 e. The summed E-state index contributed by atoms with van der Waals surface area (Å²) in [5, 5.41) is 9.16. The fraction of sp³-hybridized carbons (Fsp3) is 0.889. The van der Waals surface area contributed by atoms with E-state index in [1.807, 2.05) is 6.92 Å². The molecule has 1 amide bonds. The molecule has 0 bridgehead atoms. The molecule has 0 spiro atoms. The largest absolute Gasteiger partial charge is 0.480 e. The maximum Gasteiger partial charge on any atom is 0.326 e. The Morgan fingerprint density at radius 1 is 0.864 bits per heavy atom. The van der Waals surface area contributed by atoms with E-state index >= 15 is 0 Å². The summed E-state index contributed by atoms with van der Waals surface area (Å²) in [7, 11) is 1.62. The maximum absolute atomic E-state index is 12.0. The molecule has 0 aromatic rings. The zero-order valence-electron chi connectivity index (χ0n) is 14.8. The predicted octanol–water partition coefficient (Wildman–Crippen LogP) is 4.62. The number of carbonyl (C=O) groups is 2. The van der Waals surface area contributed by atoms with Crippen LogP contribution in [-0.4, -0.2) is 35.0 Å². The second-order valence-electron chi connectivity index (χ2n) is 6.23. The van der Waals surface area contributed by atoms with Crippen molar-refractivity contribution in [2.45, 2.75) is 96.9 Å². The van der Waals surface area contributed by atoms with Crippen molar-refractivity contribution >= 4 is 11.9 Å². The maximum atomic E-state index is 12.0. The highest BCUT2D eigenvalue weighted by Gasteiger charge is 2.24. The van der Waals surface area contributed by atoms with Crippen LogP contribution in [0.2, 0.25) is 0 Å². The molecule has 0 aliphatic carbocycles. The first-order valence-corrected chi connectivity index (χ1v) is 9.03. The Balaban J connectivity index is 3.73. The van der Waals surface area contributed by atoms with Gasteiger partial charge in [0.15, 0.2) is 0 Å². The number of aliphatic carboxylic acids is 1. The molecule has 130 valence electrons. The van der Waals surface area contributed by atoms with Crippen molar-refractivity contribution in [2.75, 3.05) is 7.05 Å². The highest BCUT2D eigenvalue weighted by atomic mass is 16.4. The molecule has 0 fully saturated rings. The molecular formula is C18H35NO3. The van der Waals surface area contributed by atoms with E-state index in [1.165, 1.54) is 49.8 Å². The van der Waals surface area contributed by atoms with Crippen LogP contribution in [-0.2, 0) is 9.59 Å². The predicted molar refractivity (Wildman–Crippen MR) is 90.9 cm³/mol. The fourth-order valence-electron chi connectivity index (χ4n) is 2.69. The van der Waals surface area contributed by atoms with E-state index in [2.05, 4.69) is 6.92 Å². The third-order valence-electron chi connectivity index (χ3n) is 4.20. The molecule has 0 rings (SSSR count). The first-order valence-electron chi connectivity index (χ1n) is 9.03. The average Bonchev–Trinajstić information content (AvgIpc) is 2.49. The van der Waals surface area contributed by atoms with Gasteiger partial charge in [-0.2, -0.15) is 0 Å². The van der Waals surface area contributed by atoms with Crippen LogP contribution in [0.3, 0.4) is 0 Å². The molecule has 22 heavy (non-hydrogen) atoms. The summed E-state index contributed by atoms with van der Waals surface area (Å²) in [6, 6.07) is -0.670. The summed E-state index contributed by atoms with van der Waals surface area (Å²) in [6.45, 7) is 4.16. The van der Waals surface area contributed by atoms with Crippen LogP contribution >= 0.6 is 0 Å². The summed E-state index contributed by atoms with van der Waals surface area (Å²) in [6.07, 6.45) is 12.7. The lowest BCUT2D eigenvalue weighted by molar-refractivity contribution is -0.149. The topological polar surface area (TPSA) is 57.6 Å². The summed E-state index contributed by atoms with van der Waals surface area (Å²) in [5.41, 5.74) is 0. The van der Waals surface area contributed by atoms with Crippen LogP contribution < -0.4 is 0 Å². The first kappa shape index (κ1) is 20.9. The summed E-state index contributed by atoms with van der Waals surface area (Å²) >= 11 is 0. The Kier molecular flexibility index (Phi) is 12.9. The van der Waals surface area contributed by atoms with Gasteiger partial charge in [0.25, 0.3) is 0 Å². The van der Waals surface area contributed by atoms with Crippen LogP contribution in [0.4, 0.5) is 0 Å². The number of carboxylic acid groups (broad SMARTS) is 1. The standard InChI is InChI=1S/C18H35NO3/c1-4-6-7-8-9-10-11-12-13-15-17(20)19(3)16(14-5-2)18(21)22/h16H,4-15H2,1-3H3,(H,21,22)/t16-/m0/s1. The normalized spacial score (nSPS) is 12.1. The summed E-state index contributed by atoms with van der Waals surface area (Å²) in [4.78, 5) is 24.6. The van der Waals surface area contributed by atoms with Crippen molar-refractivity contribution in [1.29, 1.82) is 0 Å². The van der Waals surface area contributed by atoms with E-state index in [0.29, 0.717) is 12.8 Å². The van der Waals surface area contributed by atoms with Crippen molar-refractivity contribution < 1.29 is 14.7 Å². The van der Waals surface area contributed by atoms with Gasteiger partial charge >= 0.3 is 5.97 Å². The molecule has 0 aliphatic rings. The number of nitrogens with zero attached hydrogens (tertiary/aromatic N) is 1. The molecule has 0 unspecified atom stereocenters. The van der Waals surface area contributed by atoms with Crippen LogP contribution in [0.15, 0.2) is 0 Å². The van der Waals surface area contributed by atoms with Crippen LogP contribution in [0.1, 0.15) is 90.9 Å². The monoisotopic (exact) mass is 313 g/mol. The number of hydrogen-bond acceptors (Lipinski definition) is 2. The van der Waals surface area contributed by atoms with Crippen molar-refractivity contribution in [3.63, 3.8) is 0 Å². The SMILES string of the molecule is CCCCCCCCCCCC(=O)N(C)[C@@H](CCC)C(=O)O. The molecule has 0 aromatic carbocycles. The lowest BCUT2D eigenvalue weighted by Crippen LogP contribution is -2.42. The molecule has 0 saturated carbocycles. The Hall–Kier alpha value is -1.06. The smallest absolute Gasteiger partial charge is 0.326 e. The molecule has 0 radical (unpaired) electrons. The number of hydrogen-bond donors (Lipinski definition) is 1. The van der Waals surface area contributed by atoms with Crippen molar-refractivity contribution in [3.05, 3.63) is 0 Å². The molecule has 1 atom stereocenters. The molecule has 4 nitrogen and oxygen atoms in total. The van der Waals surface area contributed by atoms with Gasteiger partial charge in [-0.25, -0.2) is 4.79 Å². The quantitative estimate of drug-likeness (QED) is 0.476. The van der Waals surface area contributed by atoms with Crippen molar-refractivity contribution in [1.82, 2.24) is 4.90 Å². The highest BCUT2D eigenvalue weighted by molar-refractivity contribution is 5.83. The third-order valence-corrected chi connectivity index (χ3v) is 4.20. The van der Waals surface area contributed by atoms with Gasteiger partial charge in [0.1, 0.15) is 6.04 Å². The van der Waals surface area contributed by atoms with Gasteiger partial charge in [-0.15, -0.1) is 0 Å². The van der Waals surface area contributed by atoms with E-state index in [-0.39, 0.29) is 5.91 Å². The highest BCUT2D eigenvalue weighted by Crippen LogP contribution is 2.12. The third kappa shape index (κ3) is 9.80. The number of rotatable bonds is 14. The summed E-state index contributed by atoms with van der Waals surface area (Å²) < 4.78 is 0. The molecule has 1 N–H and O–H groups in total. The Morgan fingerprint density at radius 3 is 1.82 bits per heavy atom.